The number of allylic oxidation sites excluding steroid dienone is 1. The van der Waals surface area contributed by atoms with Crippen molar-refractivity contribution in [2.75, 3.05) is 30.0 Å². The summed E-state index contributed by atoms with van der Waals surface area (Å²) in [6.45, 7) is 3.12. The number of carbonyl (C=O) groups is 2. The molecular formula is C21H25N5O5. The van der Waals surface area contributed by atoms with E-state index in [1.807, 2.05) is 6.08 Å². The zero-order valence-corrected chi connectivity index (χ0v) is 17.2. The summed E-state index contributed by atoms with van der Waals surface area (Å²) >= 11 is 0. The van der Waals surface area contributed by atoms with E-state index in [0.29, 0.717) is 49.5 Å². The van der Waals surface area contributed by atoms with Crippen LogP contribution in [0.15, 0.2) is 36.5 Å². The minimum atomic E-state index is -1.74. The first-order chi connectivity index (χ1) is 14.9. The molecule has 0 radical (unpaired) electrons. The van der Waals surface area contributed by atoms with Gasteiger partial charge in [-0.1, -0.05) is 24.3 Å². The highest BCUT2D eigenvalue weighted by molar-refractivity contribution is 6.06. The Morgan fingerprint density at radius 2 is 2.23 bits per heavy atom. The standard InChI is InChI=1S/C21H25N5O5/c1-14(4-2-3-8-25-13-15(7-10-27)23-24-25)21(30)17-12-16(26-9-11-31-20(26)29)5-6-18(17)22-19(21)28/h2,4-6,12-14,27,30H,3,7-11H2,1H3,(H,22,28)/b4-2+/t14-,21+/m0/s1. The number of anilines is 2. The number of hydrogen-bond donors (Lipinski definition) is 3. The molecule has 0 unspecified atom stereocenters. The molecule has 2 aliphatic rings. The molecule has 1 fully saturated rings. The Bertz CT molecular complexity index is 1020. The second-order valence-electron chi connectivity index (χ2n) is 7.67. The first-order valence-corrected chi connectivity index (χ1v) is 10.2. The molecule has 3 N–H and O–H groups in total. The average molecular weight is 427 g/mol. The van der Waals surface area contributed by atoms with Crippen LogP contribution in [0.25, 0.3) is 0 Å². The van der Waals surface area contributed by atoms with Gasteiger partial charge in [-0.2, -0.15) is 0 Å². The lowest BCUT2D eigenvalue weighted by Gasteiger charge is -2.27. The molecule has 4 rings (SSSR count). The summed E-state index contributed by atoms with van der Waals surface area (Å²) in [6, 6.07) is 5.08. The van der Waals surface area contributed by atoms with Crippen LogP contribution < -0.4 is 10.2 Å². The predicted molar refractivity (Wildman–Crippen MR) is 111 cm³/mol. The molecule has 2 aliphatic heterocycles. The van der Waals surface area contributed by atoms with Gasteiger partial charge in [-0.3, -0.25) is 14.4 Å². The summed E-state index contributed by atoms with van der Waals surface area (Å²) in [5.74, 6) is -0.999. The van der Waals surface area contributed by atoms with E-state index in [0.717, 1.165) is 5.69 Å². The van der Waals surface area contributed by atoms with Crippen LogP contribution in [0.5, 0.6) is 0 Å². The number of amides is 2. The summed E-state index contributed by atoms with van der Waals surface area (Å²) in [5, 5.41) is 31.0. The predicted octanol–water partition coefficient (Wildman–Crippen LogP) is 1.19. The lowest BCUT2D eigenvalue weighted by Crippen LogP contribution is -2.39. The van der Waals surface area contributed by atoms with Gasteiger partial charge in [-0.25, -0.2) is 4.79 Å². The van der Waals surface area contributed by atoms with Crippen LogP contribution in [-0.2, 0) is 28.1 Å². The molecule has 1 saturated heterocycles. The Balaban J connectivity index is 1.47. The van der Waals surface area contributed by atoms with Gasteiger partial charge in [0.1, 0.15) is 6.61 Å². The molecule has 2 amide bonds. The van der Waals surface area contributed by atoms with E-state index in [1.54, 1.807) is 42.1 Å². The minimum Gasteiger partial charge on any atom is -0.447 e. The molecular weight excluding hydrogens is 402 g/mol. The molecule has 2 aromatic rings. The van der Waals surface area contributed by atoms with E-state index in [9.17, 15) is 14.7 Å². The maximum atomic E-state index is 12.7. The second kappa shape index (κ2) is 8.48. The zero-order valence-electron chi connectivity index (χ0n) is 17.2. The molecule has 164 valence electrons. The number of fused-ring (bicyclic) bond motifs is 1. The van der Waals surface area contributed by atoms with Crippen molar-refractivity contribution in [1.29, 1.82) is 0 Å². The molecule has 31 heavy (non-hydrogen) atoms. The van der Waals surface area contributed by atoms with Gasteiger partial charge in [0.15, 0.2) is 5.60 Å². The van der Waals surface area contributed by atoms with E-state index in [2.05, 4.69) is 15.6 Å². The van der Waals surface area contributed by atoms with Crippen LogP contribution >= 0.6 is 0 Å². The lowest BCUT2D eigenvalue weighted by atomic mass is 9.82. The van der Waals surface area contributed by atoms with Gasteiger partial charge >= 0.3 is 6.09 Å². The van der Waals surface area contributed by atoms with Crippen LogP contribution in [0.3, 0.4) is 0 Å². The highest BCUT2D eigenvalue weighted by Crippen LogP contribution is 2.43. The number of nitrogens with one attached hydrogen (secondary N) is 1. The number of cyclic esters (lactones) is 1. The third-order valence-electron chi connectivity index (χ3n) is 5.64. The molecule has 0 bridgehead atoms. The van der Waals surface area contributed by atoms with Gasteiger partial charge in [-0.15, -0.1) is 5.10 Å². The Kier molecular flexibility index (Phi) is 5.75. The summed E-state index contributed by atoms with van der Waals surface area (Å²) in [6.07, 6.45) is 6.14. The van der Waals surface area contributed by atoms with Crippen molar-refractivity contribution in [2.24, 2.45) is 5.92 Å². The molecule has 0 spiro atoms. The molecule has 2 atom stereocenters. The molecule has 0 aliphatic carbocycles. The number of nitrogens with zero attached hydrogens (tertiary/aromatic N) is 4. The van der Waals surface area contributed by atoms with E-state index >= 15 is 0 Å². The fourth-order valence-corrected chi connectivity index (χ4v) is 3.87. The SMILES string of the molecule is C[C@@H](/C=C/CCn1cc(CCO)nn1)[C@]1(O)C(=O)Nc2ccc(N3CCOC3=O)cc21. The van der Waals surface area contributed by atoms with Gasteiger partial charge in [0.25, 0.3) is 5.91 Å². The number of benzene rings is 1. The van der Waals surface area contributed by atoms with Gasteiger partial charge < -0.3 is 20.3 Å². The fraction of sp³-hybridized carbons (Fsp3) is 0.429. The molecule has 1 aromatic heterocycles. The van der Waals surface area contributed by atoms with Crippen molar-refractivity contribution in [3.05, 3.63) is 47.8 Å². The Morgan fingerprint density at radius 3 is 2.97 bits per heavy atom. The number of ether oxygens (including phenoxy) is 1. The first kappa shape index (κ1) is 21.0. The van der Waals surface area contributed by atoms with Crippen LogP contribution in [0.2, 0.25) is 0 Å². The molecule has 1 aromatic carbocycles. The third-order valence-corrected chi connectivity index (χ3v) is 5.64. The zero-order chi connectivity index (χ0) is 22.0. The van der Waals surface area contributed by atoms with Crippen LogP contribution in [-0.4, -0.2) is 57.0 Å². The second-order valence-corrected chi connectivity index (χ2v) is 7.67. The summed E-state index contributed by atoms with van der Waals surface area (Å²) in [7, 11) is 0. The third kappa shape index (κ3) is 3.91. The van der Waals surface area contributed by atoms with Crippen molar-refractivity contribution in [3.8, 4) is 0 Å². The summed E-state index contributed by atoms with van der Waals surface area (Å²) in [4.78, 5) is 26.0. The van der Waals surface area contributed by atoms with Gasteiger partial charge in [-0.05, 0) is 24.6 Å². The van der Waals surface area contributed by atoms with E-state index in [4.69, 9.17) is 9.84 Å². The quantitative estimate of drug-likeness (QED) is 0.540. The van der Waals surface area contributed by atoms with E-state index < -0.39 is 23.5 Å². The van der Waals surface area contributed by atoms with Gasteiger partial charge in [0.2, 0.25) is 0 Å². The van der Waals surface area contributed by atoms with Crippen molar-refractivity contribution >= 4 is 23.4 Å². The average Bonchev–Trinajstić information content (AvgIpc) is 3.45. The smallest absolute Gasteiger partial charge is 0.414 e. The number of aryl methyl sites for hydroxylation is 1. The Labute approximate surface area is 179 Å². The fourth-order valence-electron chi connectivity index (χ4n) is 3.87. The molecule has 3 heterocycles. The molecule has 0 saturated carbocycles. The lowest BCUT2D eigenvalue weighted by molar-refractivity contribution is -0.137. The van der Waals surface area contributed by atoms with E-state index in [1.165, 1.54) is 4.90 Å². The minimum absolute atomic E-state index is 0.0267. The monoisotopic (exact) mass is 427 g/mol. The topological polar surface area (TPSA) is 130 Å². The van der Waals surface area contributed by atoms with Crippen LogP contribution in [0, 0.1) is 5.92 Å². The number of carbonyl (C=O) groups excluding carboxylic acids is 2. The van der Waals surface area contributed by atoms with E-state index in [-0.39, 0.29) is 6.61 Å². The van der Waals surface area contributed by atoms with Gasteiger partial charge in [0.05, 0.1) is 12.2 Å². The number of aliphatic hydroxyl groups excluding tert-OH is 1. The highest BCUT2D eigenvalue weighted by atomic mass is 16.6. The maximum Gasteiger partial charge on any atom is 0.414 e. The first-order valence-electron chi connectivity index (χ1n) is 10.2. The highest BCUT2D eigenvalue weighted by Gasteiger charge is 2.49. The van der Waals surface area contributed by atoms with Crippen molar-refractivity contribution in [1.82, 2.24) is 15.0 Å². The number of rotatable bonds is 8. The number of hydrogen-bond acceptors (Lipinski definition) is 7. The number of aromatic nitrogens is 3. The maximum absolute atomic E-state index is 12.7. The Hall–Kier alpha value is -3.24. The Morgan fingerprint density at radius 1 is 1.39 bits per heavy atom. The normalized spacial score (nSPS) is 21.5. The van der Waals surface area contributed by atoms with Crippen molar-refractivity contribution in [2.45, 2.75) is 31.9 Å². The van der Waals surface area contributed by atoms with Crippen LogP contribution in [0.4, 0.5) is 16.2 Å². The number of aliphatic hydroxyl groups is 2. The largest absolute Gasteiger partial charge is 0.447 e. The molecule has 10 nitrogen and oxygen atoms in total. The van der Waals surface area contributed by atoms with Crippen molar-refractivity contribution in [3.63, 3.8) is 0 Å². The van der Waals surface area contributed by atoms with Crippen LogP contribution in [0.1, 0.15) is 24.6 Å². The van der Waals surface area contributed by atoms with Gasteiger partial charge in [0, 0.05) is 48.6 Å². The summed E-state index contributed by atoms with van der Waals surface area (Å²) < 4.78 is 6.67. The summed E-state index contributed by atoms with van der Waals surface area (Å²) in [5.41, 5.74) is 0.538. The van der Waals surface area contributed by atoms with Crippen molar-refractivity contribution < 1.29 is 24.5 Å². The molecule has 10 heteroatoms.